The molecule has 0 fully saturated rings. The van der Waals surface area contributed by atoms with Gasteiger partial charge in [0.05, 0.1) is 0 Å². The van der Waals surface area contributed by atoms with E-state index in [1.165, 1.54) is 0 Å². The van der Waals surface area contributed by atoms with Crippen LogP contribution in [0.1, 0.15) is 0 Å². The molecule has 0 radical (unpaired) electrons. The molecule has 0 spiro atoms. The zero-order valence-corrected chi connectivity index (χ0v) is 5.24. The molecule has 0 aliphatic carbocycles. The Morgan fingerprint density at radius 1 is 1.40 bits per heavy atom. The van der Waals surface area contributed by atoms with Gasteiger partial charge in [-0.05, 0) is 6.07 Å². The molecule has 50 valence electrons. The largest absolute Gasteiger partial charge is 0.367 e. The highest BCUT2D eigenvalue weighted by atomic mass is 16.5. The molecule has 10 heavy (non-hydrogen) atoms. The maximum atomic E-state index is 4.67. The van der Waals surface area contributed by atoms with Crippen LogP contribution in [-0.4, -0.2) is 10.1 Å². The SMILES string of the molecule is c1cc(-c2ccon2)c[nH]1. The van der Waals surface area contributed by atoms with E-state index in [1.54, 1.807) is 6.26 Å². The fraction of sp³-hybridized carbons (Fsp3) is 0. The molecule has 0 saturated heterocycles. The Hall–Kier alpha value is -1.51. The summed E-state index contributed by atoms with van der Waals surface area (Å²) in [6, 6.07) is 3.76. The summed E-state index contributed by atoms with van der Waals surface area (Å²) in [5, 5.41) is 3.76. The van der Waals surface area contributed by atoms with Crippen molar-refractivity contribution < 1.29 is 4.52 Å². The Balaban J connectivity index is 2.48. The van der Waals surface area contributed by atoms with Crippen molar-refractivity contribution in [3.8, 4) is 11.3 Å². The molecule has 0 aliphatic rings. The van der Waals surface area contributed by atoms with E-state index in [1.807, 2.05) is 24.5 Å². The summed E-state index contributed by atoms with van der Waals surface area (Å²) in [7, 11) is 0. The van der Waals surface area contributed by atoms with Crippen molar-refractivity contribution in [3.05, 3.63) is 30.8 Å². The summed E-state index contributed by atoms with van der Waals surface area (Å²) < 4.78 is 4.67. The van der Waals surface area contributed by atoms with Gasteiger partial charge in [-0.3, -0.25) is 0 Å². The molecular formula is C7H6N2O. The van der Waals surface area contributed by atoms with Gasteiger partial charge < -0.3 is 9.51 Å². The second-order valence-corrected chi connectivity index (χ2v) is 1.98. The maximum Gasteiger partial charge on any atom is 0.124 e. The number of rotatable bonds is 1. The minimum Gasteiger partial charge on any atom is -0.367 e. The quantitative estimate of drug-likeness (QED) is 0.644. The van der Waals surface area contributed by atoms with Gasteiger partial charge in [0, 0.05) is 24.0 Å². The van der Waals surface area contributed by atoms with Crippen LogP contribution in [0.4, 0.5) is 0 Å². The Morgan fingerprint density at radius 3 is 3.00 bits per heavy atom. The zero-order valence-electron chi connectivity index (χ0n) is 5.24. The lowest BCUT2D eigenvalue weighted by atomic mass is 10.2. The highest BCUT2D eigenvalue weighted by Crippen LogP contribution is 2.14. The van der Waals surface area contributed by atoms with Crippen molar-refractivity contribution in [2.24, 2.45) is 0 Å². The Labute approximate surface area is 57.7 Å². The van der Waals surface area contributed by atoms with Crippen molar-refractivity contribution in [1.29, 1.82) is 0 Å². The lowest BCUT2D eigenvalue weighted by Gasteiger charge is -1.82. The summed E-state index contributed by atoms with van der Waals surface area (Å²) in [4.78, 5) is 2.94. The minimum absolute atomic E-state index is 0.862. The van der Waals surface area contributed by atoms with Crippen LogP contribution >= 0.6 is 0 Å². The van der Waals surface area contributed by atoms with Gasteiger partial charge in [0.15, 0.2) is 0 Å². The highest BCUT2D eigenvalue weighted by molar-refractivity contribution is 5.56. The van der Waals surface area contributed by atoms with E-state index in [0.29, 0.717) is 0 Å². The summed E-state index contributed by atoms with van der Waals surface area (Å²) >= 11 is 0. The van der Waals surface area contributed by atoms with Gasteiger partial charge in [-0.15, -0.1) is 0 Å². The predicted molar refractivity (Wildman–Crippen MR) is 36.3 cm³/mol. The second-order valence-electron chi connectivity index (χ2n) is 1.98. The Bertz CT molecular complexity index is 251. The lowest BCUT2D eigenvalue weighted by Crippen LogP contribution is -1.68. The van der Waals surface area contributed by atoms with Gasteiger partial charge in [-0.1, -0.05) is 5.16 Å². The molecule has 0 amide bonds. The summed E-state index contributed by atoms with van der Waals surface area (Å²) in [5.74, 6) is 0. The highest BCUT2D eigenvalue weighted by Gasteiger charge is 1.98. The van der Waals surface area contributed by atoms with Crippen LogP contribution in [0.2, 0.25) is 0 Å². The molecule has 0 saturated carbocycles. The molecule has 2 rings (SSSR count). The van der Waals surface area contributed by atoms with E-state index in [4.69, 9.17) is 0 Å². The number of nitrogens with zero attached hydrogens (tertiary/aromatic N) is 1. The molecule has 1 N–H and O–H groups in total. The summed E-state index contributed by atoms with van der Waals surface area (Å²) in [6.07, 6.45) is 5.28. The van der Waals surface area contributed by atoms with Gasteiger partial charge in [-0.2, -0.15) is 0 Å². The van der Waals surface area contributed by atoms with E-state index in [9.17, 15) is 0 Å². The number of hydrogen-bond donors (Lipinski definition) is 1. The predicted octanol–water partition coefficient (Wildman–Crippen LogP) is 1.67. The van der Waals surface area contributed by atoms with Crippen molar-refractivity contribution in [1.82, 2.24) is 10.1 Å². The van der Waals surface area contributed by atoms with E-state index in [2.05, 4.69) is 14.7 Å². The first kappa shape index (κ1) is 5.29. The first-order valence-corrected chi connectivity index (χ1v) is 3.00. The van der Waals surface area contributed by atoms with E-state index in [-0.39, 0.29) is 0 Å². The molecule has 0 bridgehead atoms. The molecule has 2 aromatic rings. The van der Waals surface area contributed by atoms with Crippen LogP contribution in [-0.2, 0) is 0 Å². The van der Waals surface area contributed by atoms with Crippen molar-refractivity contribution in [3.63, 3.8) is 0 Å². The van der Waals surface area contributed by atoms with Crippen LogP contribution < -0.4 is 0 Å². The van der Waals surface area contributed by atoms with Crippen molar-refractivity contribution in [2.45, 2.75) is 0 Å². The Kier molecular flexibility index (Phi) is 1.07. The molecule has 3 nitrogen and oxygen atoms in total. The summed E-state index contributed by atoms with van der Waals surface area (Å²) in [5.41, 5.74) is 1.91. The fourth-order valence-electron chi connectivity index (χ4n) is 0.845. The normalized spacial score (nSPS) is 10.0. The molecule has 3 heteroatoms. The van der Waals surface area contributed by atoms with E-state index >= 15 is 0 Å². The number of nitrogens with one attached hydrogen (secondary N) is 1. The number of H-pyrrole nitrogens is 1. The van der Waals surface area contributed by atoms with Crippen LogP contribution in [0.3, 0.4) is 0 Å². The first-order valence-electron chi connectivity index (χ1n) is 3.00. The third-order valence-corrected chi connectivity index (χ3v) is 1.33. The van der Waals surface area contributed by atoms with Crippen molar-refractivity contribution in [2.75, 3.05) is 0 Å². The van der Waals surface area contributed by atoms with E-state index < -0.39 is 0 Å². The number of aromatic nitrogens is 2. The van der Waals surface area contributed by atoms with Crippen LogP contribution in [0.15, 0.2) is 35.3 Å². The molecule has 0 unspecified atom stereocenters. The van der Waals surface area contributed by atoms with Crippen molar-refractivity contribution >= 4 is 0 Å². The third kappa shape index (κ3) is 0.719. The lowest BCUT2D eigenvalue weighted by molar-refractivity contribution is 0.422. The second kappa shape index (κ2) is 2.02. The molecule has 0 aliphatic heterocycles. The minimum atomic E-state index is 0.862. The average Bonchev–Trinajstić information content (AvgIpc) is 2.59. The molecule has 2 heterocycles. The number of aromatic amines is 1. The molecule has 0 aromatic carbocycles. The third-order valence-electron chi connectivity index (χ3n) is 1.33. The molecule has 0 atom stereocenters. The van der Waals surface area contributed by atoms with Gasteiger partial charge in [0.25, 0.3) is 0 Å². The smallest absolute Gasteiger partial charge is 0.124 e. The zero-order chi connectivity index (χ0) is 6.81. The fourth-order valence-corrected chi connectivity index (χ4v) is 0.845. The van der Waals surface area contributed by atoms with Crippen LogP contribution in [0.5, 0.6) is 0 Å². The number of hydrogen-bond acceptors (Lipinski definition) is 2. The van der Waals surface area contributed by atoms with Gasteiger partial charge >= 0.3 is 0 Å². The molecular weight excluding hydrogens is 128 g/mol. The van der Waals surface area contributed by atoms with Crippen LogP contribution in [0, 0.1) is 0 Å². The van der Waals surface area contributed by atoms with Gasteiger partial charge in [0.1, 0.15) is 12.0 Å². The average molecular weight is 134 g/mol. The standard InChI is InChI=1S/C7H6N2O/c1-3-8-5-6(1)7-2-4-10-9-7/h1-5,8H. The maximum absolute atomic E-state index is 4.67. The first-order chi connectivity index (χ1) is 4.97. The topological polar surface area (TPSA) is 41.8 Å². The van der Waals surface area contributed by atoms with Gasteiger partial charge in [0.2, 0.25) is 0 Å². The van der Waals surface area contributed by atoms with Crippen LogP contribution in [0.25, 0.3) is 11.3 Å². The van der Waals surface area contributed by atoms with Gasteiger partial charge in [-0.25, -0.2) is 0 Å². The molecule has 2 aromatic heterocycles. The monoisotopic (exact) mass is 134 g/mol. The summed E-state index contributed by atoms with van der Waals surface area (Å²) in [6.45, 7) is 0. The van der Waals surface area contributed by atoms with E-state index in [0.717, 1.165) is 11.3 Å². The Morgan fingerprint density at radius 2 is 2.40 bits per heavy atom.